The van der Waals surface area contributed by atoms with E-state index in [-0.39, 0.29) is 17.7 Å². The highest BCUT2D eigenvalue weighted by atomic mass is 35.5. The van der Waals surface area contributed by atoms with Crippen LogP contribution in [0, 0.1) is 17.3 Å². The summed E-state index contributed by atoms with van der Waals surface area (Å²) < 4.78 is 1.96. The summed E-state index contributed by atoms with van der Waals surface area (Å²) in [5.41, 5.74) is 5.30. The van der Waals surface area contributed by atoms with E-state index in [1.54, 1.807) is 19.2 Å². The molecule has 0 N–H and O–H groups in total. The molecule has 6 rings (SSSR count). The van der Waals surface area contributed by atoms with E-state index in [0.717, 1.165) is 42.1 Å². The van der Waals surface area contributed by atoms with Gasteiger partial charge in [-0.1, -0.05) is 66.2 Å². The fourth-order valence-electron chi connectivity index (χ4n) is 6.68. The van der Waals surface area contributed by atoms with E-state index < -0.39 is 0 Å². The summed E-state index contributed by atoms with van der Waals surface area (Å²) in [4.78, 5) is 25.2. The second-order valence-electron chi connectivity index (χ2n) is 11.3. The van der Waals surface area contributed by atoms with Crippen LogP contribution >= 0.6 is 11.6 Å². The molecule has 4 aromatic rings. The Labute approximate surface area is 222 Å². The normalized spacial score (nSPS) is 23.4. The van der Waals surface area contributed by atoms with E-state index in [4.69, 9.17) is 16.7 Å². The molecule has 0 amide bonds. The molecule has 5 heteroatoms. The zero-order valence-electron chi connectivity index (χ0n) is 21.3. The summed E-state index contributed by atoms with van der Waals surface area (Å²) in [6, 6.07) is 22.5. The second-order valence-corrected chi connectivity index (χ2v) is 11.7. The van der Waals surface area contributed by atoms with Gasteiger partial charge in [-0.25, -0.2) is 0 Å². The Morgan fingerprint density at radius 1 is 1.00 bits per heavy atom. The number of benzene rings is 3. The minimum atomic E-state index is -0.0412. The number of halogens is 1. The topological polar surface area (TPSA) is 52.0 Å². The maximum atomic E-state index is 13.6. The first kappa shape index (κ1) is 24.1. The zero-order chi connectivity index (χ0) is 25.7. The van der Waals surface area contributed by atoms with E-state index in [2.05, 4.69) is 43.3 Å². The fraction of sp³-hybridized carbons (Fsp3) is 0.344. The Morgan fingerprint density at radius 3 is 2.35 bits per heavy atom. The van der Waals surface area contributed by atoms with Crippen molar-refractivity contribution in [3.8, 4) is 11.1 Å². The number of fused-ring (bicyclic) bond motifs is 1. The highest BCUT2D eigenvalue weighted by molar-refractivity contribution is 6.32. The molecule has 1 spiro atoms. The maximum Gasteiger partial charge on any atom is 0.165 e. The van der Waals surface area contributed by atoms with E-state index in [1.165, 1.54) is 11.1 Å². The van der Waals surface area contributed by atoms with Crippen LogP contribution in [0.3, 0.4) is 0 Å². The number of carbonyl (C=O) groups excluding carboxylic acids is 2. The molecule has 2 fully saturated rings. The molecule has 1 heterocycles. The van der Waals surface area contributed by atoms with Crippen LogP contribution in [0.4, 0.5) is 0 Å². The number of hydrogen-bond donors (Lipinski definition) is 0. The highest BCUT2D eigenvalue weighted by Gasteiger charge is 2.53. The third kappa shape index (κ3) is 4.42. The van der Waals surface area contributed by atoms with Crippen LogP contribution in [0.5, 0.6) is 0 Å². The Balaban J connectivity index is 1.23. The minimum absolute atomic E-state index is 0.0412. The molecule has 2 aliphatic carbocycles. The van der Waals surface area contributed by atoms with Gasteiger partial charge in [0, 0.05) is 28.3 Å². The van der Waals surface area contributed by atoms with Crippen LogP contribution in [0.15, 0.2) is 72.9 Å². The molecule has 1 unspecified atom stereocenters. The van der Waals surface area contributed by atoms with Crippen LogP contribution < -0.4 is 0 Å². The lowest BCUT2D eigenvalue weighted by molar-refractivity contribution is -0.136. The van der Waals surface area contributed by atoms with Gasteiger partial charge in [-0.15, -0.1) is 0 Å². The highest BCUT2D eigenvalue weighted by Crippen LogP contribution is 2.62. The van der Waals surface area contributed by atoms with E-state index in [1.807, 2.05) is 28.9 Å². The summed E-state index contributed by atoms with van der Waals surface area (Å²) in [7, 11) is 0. The Bertz CT molecular complexity index is 1470. The number of carbonyl (C=O) groups is 2. The molecular formula is C32H31ClN2O2. The maximum absolute atomic E-state index is 13.6. The Hall–Kier alpha value is -3.24. The predicted molar refractivity (Wildman–Crippen MR) is 148 cm³/mol. The fourth-order valence-corrected chi connectivity index (χ4v) is 6.90. The molecule has 188 valence electrons. The smallest absolute Gasteiger partial charge is 0.165 e. The van der Waals surface area contributed by atoms with Gasteiger partial charge in [-0.05, 0) is 79.7 Å². The number of Topliss-reactive ketones (excluding diaryl/α,β-unsaturated/α-hetero) is 2. The van der Waals surface area contributed by atoms with Crippen molar-refractivity contribution in [1.82, 2.24) is 9.78 Å². The molecule has 37 heavy (non-hydrogen) atoms. The Morgan fingerprint density at radius 2 is 1.68 bits per heavy atom. The SMILES string of the molecule is CC(=O)C1CC2(CC(CC(=O)c3cc(Cl)cc4cnn(C(C)c5ccc(-c6ccccc6)cc5)c34)C2)C1. The first-order valence-electron chi connectivity index (χ1n) is 13.2. The number of nitrogens with zero attached hydrogens (tertiary/aromatic N) is 2. The summed E-state index contributed by atoms with van der Waals surface area (Å²) >= 11 is 6.44. The monoisotopic (exact) mass is 510 g/mol. The third-order valence-electron chi connectivity index (χ3n) is 8.67. The van der Waals surface area contributed by atoms with Gasteiger partial charge in [-0.3, -0.25) is 14.3 Å². The Kier molecular flexibility index (Phi) is 6.03. The standard InChI is InChI=1S/C32H31ClN2O2/c1-20(23-8-10-25(11-9-23)24-6-4-3-5-7-24)35-31-26(19-34-35)13-28(33)14-29(31)30(37)12-22-15-32(16-22)17-27(18-32)21(2)36/h3-11,13-14,19-20,22,27H,12,15-18H2,1-2H3. The predicted octanol–water partition coefficient (Wildman–Crippen LogP) is 7.93. The van der Waals surface area contributed by atoms with Crippen molar-refractivity contribution in [3.05, 3.63) is 89.1 Å². The molecule has 0 aliphatic heterocycles. The van der Waals surface area contributed by atoms with Crippen LogP contribution in [0.25, 0.3) is 22.0 Å². The van der Waals surface area contributed by atoms with Crippen molar-refractivity contribution >= 4 is 34.1 Å². The lowest BCUT2D eigenvalue weighted by Crippen LogP contribution is -2.49. The zero-order valence-corrected chi connectivity index (χ0v) is 22.0. The first-order valence-corrected chi connectivity index (χ1v) is 13.6. The van der Waals surface area contributed by atoms with Gasteiger partial charge >= 0.3 is 0 Å². The van der Waals surface area contributed by atoms with E-state index in [9.17, 15) is 9.59 Å². The van der Waals surface area contributed by atoms with Crippen molar-refractivity contribution in [3.63, 3.8) is 0 Å². The molecule has 2 saturated carbocycles. The van der Waals surface area contributed by atoms with Crippen molar-refractivity contribution < 1.29 is 9.59 Å². The van der Waals surface area contributed by atoms with Crippen molar-refractivity contribution in [2.24, 2.45) is 17.3 Å². The molecule has 0 saturated heterocycles. The van der Waals surface area contributed by atoms with E-state index >= 15 is 0 Å². The molecule has 1 aromatic heterocycles. The van der Waals surface area contributed by atoms with Gasteiger partial charge in [0.15, 0.2) is 5.78 Å². The third-order valence-corrected chi connectivity index (χ3v) is 8.89. The largest absolute Gasteiger partial charge is 0.300 e. The molecule has 3 aromatic carbocycles. The van der Waals surface area contributed by atoms with Gasteiger partial charge in [0.2, 0.25) is 0 Å². The summed E-state index contributed by atoms with van der Waals surface area (Å²) in [5, 5.41) is 6.14. The summed E-state index contributed by atoms with van der Waals surface area (Å²) in [5.74, 6) is 1.06. The number of hydrogen-bond acceptors (Lipinski definition) is 3. The lowest BCUT2D eigenvalue weighted by atomic mass is 9.47. The number of aromatic nitrogens is 2. The second kappa shape index (κ2) is 9.25. The molecule has 2 aliphatic rings. The molecule has 4 nitrogen and oxygen atoms in total. The van der Waals surface area contributed by atoms with Crippen molar-refractivity contribution in [1.29, 1.82) is 0 Å². The van der Waals surface area contributed by atoms with Gasteiger partial charge in [0.25, 0.3) is 0 Å². The van der Waals surface area contributed by atoms with Crippen LogP contribution in [-0.2, 0) is 4.79 Å². The quantitative estimate of drug-likeness (QED) is 0.237. The molecule has 0 radical (unpaired) electrons. The average Bonchev–Trinajstić information content (AvgIpc) is 3.27. The van der Waals surface area contributed by atoms with E-state index in [0.29, 0.717) is 34.1 Å². The van der Waals surface area contributed by atoms with Crippen LogP contribution in [-0.4, -0.2) is 21.3 Å². The summed E-state index contributed by atoms with van der Waals surface area (Å²) in [6.07, 6.45) is 6.43. The number of rotatable bonds is 7. The van der Waals surface area contributed by atoms with Gasteiger partial charge in [0.05, 0.1) is 17.8 Å². The van der Waals surface area contributed by atoms with Gasteiger partial charge in [-0.2, -0.15) is 5.10 Å². The molecular weight excluding hydrogens is 480 g/mol. The first-order chi connectivity index (χ1) is 17.8. The average molecular weight is 511 g/mol. The molecule has 0 bridgehead atoms. The van der Waals surface area contributed by atoms with Crippen LogP contribution in [0.2, 0.25) is 5.02 Å². The van der Waals surface area contributed by atoms with Crippen molar-refractivity contribution in [2.45, 2.75) is 52.0 Å². The molecule has 1 atom stereocenters. The van der Waals surface area contributed by atoms with Crippen LogP contribution in [0.1, 0.15) is 67.9 Å². The number of ketones is 2. The lowest BCUT2D eigenvalue weighted by Gasteiger charge is -2.57. The van der Waals surface area contributed by atoms with Crippen molar-refractivity contribution in [2.75, 3.05) is 0 Å². The minimum Gasteiger partial charge on any atom is -0.300 e. The van der Waals surface area contributed by atoms with Gasteiger partial charge in [0.1, 0.15) is 5.78 Å². The summed E-state index contributed by atoms with van der Waals surface area (Å²) in [6.45, 7) is 3.81. The van der Waals surface area contributed by atoms with Gasteiger partial charge < -0.3 is 0 Å².